The third kappa shape index (κ3) is 3.10. The normalized spacial score (nSPS) is 10.4. The van der Waals surface area contributed by atoms with Gasteiger partial charge in [0.05, 0.1) is 11.3 Å². The van der Waals surface area contributed by atoms with Crippen molar-refractivity contribution in [2.24, 2.45) is 0 Å². The molecule has 6 heteroatoms. The van der Waals surface area contributed by atoms with Crippen LogP contribution in [0.5, 0.6) is 5.75 Å². The van der Waals surface area contributed by atoms with Gasteiger partial charge in [-0.05, 0) is 18.6 Å². The Morgan fingerprint density at radius 2 is 1.95 bits per heavy atom. The van der Waals surface area contributed by atoms with E-state index in [2.05, 4.69) is 5.32 Å². The quantitative estimate of drug-likeness (QED) is 0.809. The Kier molecular flexibility index (Phi) is 4.07. The highest BCUT2D eigenvalue weighted by Gasteiger charge is 2.15. The van der Waals surface area contributed by atoms with Crippen LogP contribution in [0, 0.1) is 18.6 Å². The largest absolute Gasteiger partial charge is 0.507 e. The first-order valence-corrected chi connectivity index (χ1v) is 6.14. The third-order valence-electron chi connectivity index (χ3n) is 3.08. The number of aryl methyl sites for hydroxylation is 1. The van der Waals surface area contributed by atoms with E-state index in [1.165, 1.54) is 0 Å². The lowest BCUT2D eigenvalue weighted by Crippen LogP contribution is -2.07. The Morgan fingerprint density at radius 1 is 1.24 bits per heavy atom. The van der Waals surface area contributed by atoms with Gasteiger partial charge in [0.2, 0.25) is 0 Å². The fourth-order valence-electron chi connectivity index (χ4n) is 1.90. The fourth-order valence-corrected chi connectivity index (χ4v) is 1.90. The first-order valence-electron chi connectivity index (χ1n) is 6.14. The number of benzene rings is 2. The number of aromatic carboxylic acids is 1. The zero-order chi connectivity index (χ0) is 15.6. The molecule has 0 fully saturated rings. The SMILES string of the molecule is Cc1cccc(CNc2cc(C(=O)O)c(F)cc2F)c1O. The van der Waals surface area contributed by atoms with Gasteiger partial charge in [0.1, 0.15) is 17.4 Å². The second kappa shape index (κ2) is 5.78. The summed E-state index contributed by atoms with van der Waals surface area (Å²) in [5.41, 5.74) is 0.428. The summed E-state index contributed by atoms with van der Waals surface area (Å²) in [4.78, 5) is 10.8. The number of carbonyl (C=O) groups is 1. The van der Waals surface area contributed by atoms with Crippen LogP contribution in [0.3, 0.4) is 0 Å². The molecule has 2 aromatic carbocycles. The van der Waals surface area contributed by atoms with Crippen molar-refractivity contribution in [1.82, 2.24) is 0 Å². The van der Waals surface area contributed by atoms with E-state index in [0.717, 1.165) is 6.07 Å². The molecular formula is C15H13F2NO3. The molecule has 0 amide bonds. The van der Waals surface area contributed by atoms with Crippen molar-refractivity contribution in [2.75, 3.05) is 5.32 Å². The van der Waals surface area contributed by atoms with Gasteiger partial charge in [-0.15, -0.1) is 0 Å². The molecule has 0 saturated carbocycles. The van der Waals surface area contributed by atoms with Crippen LogP contribution in [-0.2, 0) is 6.54 Å². The van der Waals surface area contributed by atoms with Crippen LogP contribution in [0.2, 0.25) is 0 Å². The van der Waals surface area contributed by atoms with E-state index in [-0.39, 0.29) is 18.0 Å². The second-order valence-corrected chi connectivity index (χ2v) is 4.55. The van der Waals surface area contributed by atoms with Gasteiger partial charge in [-0.1, -0.05) is 18.2 Å². The van der Waals surface area contributed by atoms with Gasteiger partial charge in [0, 0.05) is 18.2 Å². The first-order chi connectivity index (χ1) is 9.90. The maximum atomic E-state index is 13.6. The van der Waals surface area contributed by atoms with Crippen molar-refractivity contribution in [3.8, 4) is 5.75 Å². The highest BCUT2D eigenvalue weighted by molar-refractivity contribution is 5.89. The number of hydrogen-bond acceptors (Lipinski definition) is 3. The number of para-hydroxylation sites is 1. The lowest BCUT2D eigenvalue weighted by Gasteiger charge is -2.11. The molecular weight excluding hydrogens is 280 g/mol. The molecule has 0 aromatic heterocycles. The summed E-state index contributed by atoms with van der Waals surface area (Å²) in [5.74, 6) is -3.44. The molecule has 0 saturated heterocycles. The van der Waals surface area contributed by atoms with Crippen molar-refractivity contribution in [1.29, 1.82) is 0 Å². The van der Waals surface area contributed by atoms with Gasteiger partial charge < -0.3 is 15.5 Å². The summed E-state index contributed by atoms with van der Waals surface area (Å²) in [7, 11) is 0. The summed E-state index contributed by atoms with van der Waals surface area (Å²) >= 11 is 0. The maximum Gasteiger partial charge on any atom is 0.338 e. The van der Waals surface area contributed by atoms with Crippen LogP contribution in [0.1, 0.15) is 21.5 Å². The van der Waals surface area contributed by atoms with Gasteiger partial charge in [0.15, 0.2) is 0 Å². The molecule has 2 rings (SSSR count). The molecule has 0 radical (unpaired) electrons. The number of carboxylic acid groups (broad SMARTS) is 1. The van der Waals surface area contributed by atoms with E-state index in [4.69, 9.17) is 5.11 Å². The van der Waals surface area contributed by atoms with Gasteiger partial charge in [-0.3, -0.25) is 0 Å². The molecule has 0 heterocycles. The Hall–Kier alpha value is -2.63. The number of anilines is 1. The monoisotopic (exact) mass is 293 g/mol. The minimum absolute atomic E-state index is 0.0750. The summed E-state index contributed by atoms with van der Waals surface area (Å²) in [6.07, 6.45) is 0. The van der Waals surface area contributed by atoms with Gasteiger partial charge in [-0.25, -0.2) is 13.6 Å². The maximum absolute atomic E-state index is 13.6. The number of carboxylic acids is 1. The molecule has 0 atom stereocenters. The van der Waals surface area contributed by atoms with Gasteiger partial charge in [-0.2, -0.15) is 0 Å². The molecule has 0 spiro atoms. The summed E-state index contributed by atoms with van der Waals surface area (Å²) < 4.78 is 26.9. The van der Waals surface area contributed by atoms with Gasteiger partial charge >= 0.3 is 5.97 Å². The van der Waals surface area contributed by atoms with Crippen LogP contribution in [0.4, 0.5) is 14.5 Å². The number of hydrogen-bond donors (Lipinski definition) is 3. The Morgan fingerprint density at radius 3 is 2.62 bits per heavy atom. The molecule has 4 nitrogen and oxygen atoms in total. The molecule has 0 aliphatic rings. The van der Waals surface area contributed by atoms with Crippen molar-refractivity contribution >= 4 is 11.7 Å². The second-order valence-electron chi connectivity index (χ2n) is 4.55. The van der Waals surface area contributed by atoms with Crippen molar-refractivity contribution in [3.05, 3.63) is 58.7 Å². The lowest BCUT2D eigenvalue weighted by molar-refractivity contribution is 0.0692. The third-order valence-corrected chi connectivity index (χ3v) is 3.08. The predicted octanol–water partition coefficient (Wildman–Crippen LogP) is 3.29. The van der Waals surface area contributed by atoms with Crippen LogP contribution >= 0.6 is 0 Å². The van der Waals surface area contributed by atoms with E-state index >= 15 is 0 Å². The summed E-state index contributed by atoms with van der Waals surface area (Å²) in [6.45, 7) is 1.80. The topological polar surface area (TPSA) is 69.6 Å². The highest BCUT2D eigenvalue weighted by Crippen LogP contribution is 2.24. The molecule has 110 valence electrons. The summed E-state index contributed by atoms with van der Waals surface area (Å²) in [6, 6.07) is 6.51. The van der Waals surface area contributed by atoms with Crippen molar-refractivity contribution < 1.29 is 23.8 Å². The summed E-state index contributed by atoms with van der Waals surface area (Å²) in [5, 5.41) is 21.3. The van der Waals surface area contributed by atoms with Crippen LogP contribution in [0.15, 0.2) is 30.3 Å². The molecule has 0 aliphatic heterocycles. The molecule has 0 bridgehead atoms. The number of aromatic hydroxyl groups is 1. The molecule has 21 heavy (non-hydrogen) atoms. The van der Waals surface area contributed by atoms with Crippen LogP contribution in [0.25, 0.3) is 0 Å². The standard InChI is InChI=1S/C15H13F2NO3/c1-8-3-2-4-9(14(8)19)7-18-13-5-10(15(20)21)11(16)6-12(13)17/h2-6,18-19H,7H2,1H3,(H,20,21). The Bertz CT molecular complexity index is 702. The molecule has 0 unspecified atom stereocenters. The smallest absolute Gasteiger partial charge is 0.338 e. The zero-order valence-electron chi connectivity index (χ0n) is 11.2. The van der Waals surface area contributed by atoms with Crippen LogP contribution in [-0.4, -0.2) is 16.2 Å². The Balaban J connectivity index is 2.26. The first kappa shape index (κ1) is 14.8. The highest BCUT2D eigenvalue weighted by atomic mass is 19.1. The number of nitrogens with one attached hydrogen (secondary N) is 1. The lowest BCUT2D eigenvalue weighted by atomic mass is 10.1. The number of phenolic OH excluding ortho intramolecular Hbond substituents is 1. The minimum Gasteiger partial charge on any atom is -0.507 e. The minimum atomic E-state index is -1.48. The number of rotatable bonds is 4. The molecule has 3 N–H and O–H groups in total. The van der Waals surface area contributed by atoms with E-state index in [9.17, 15) is 18.7 Å². The Labute approximate surface area is 119 Å². The number of halogens is 2. The van der Waals surface area contributed by atoms with E-state index in [0.29, 0.717) is 17.2 Å². The van der Waals surface area contributed by atoms with Crippen LogP contribution < -0.4 is 5.32 Å². The van der Waals surface area contributed by atoms with Crippen molar-refractivity contribution in [2.45, 2.75) is 13.5 Å². The van der Waals surface area contributed by atoms with E-state index in [1.54, 1.807) is 25.1 Å². The average Bonchev–Trinajstić information content (AvgIpc) is 2.41. The van der Waals surface area contributed by atoms with E-state index < -0.39 is 23.2 Å². The average molecular weight is 293 g/mol. The van der Waals surface area contributed by atoms with Gasteiger partial charge in [0.25, 0.3) is 0 Å². The predicted molar refractivity (Wildman–Crippen MR) is 73.5 cm³/mol. The van der Waals surface area contributed by atoms with E-state index in [1.807, 2.05) is 0 Å². The van der Waals surface area contributed by atoms with Crippen molar-refractivity contribution in [3.63, 3.8) is 0 Å². The molecule has 0 aliphatic carbocycles. The fraction of sp³-hybridized carbons (Fsp3) is 0.133. The zero-order valence-corrected chi connectivity index (χ0v) is 11.2. The number of phenols is 1. The molecule has 2 aromatic rings.